The molecule has 0 bridgehead atoms. The van der Waals surface area contributed by atoms with Crippen LogP contribution in [0.5, 0.6) is 0 Å². The number of aryl methyl sites for hydroxylation is 1. The van der Waals surface area contributed by atoms with E-state index in [0.717, 1.165) is 11.1 Å². The number of hydrogen-bond acceptors (Lipinski definition) is 3. The Morgan fingerprint density at radius 2 is 1.75 bits per heavy atom. The summed E-state index contributed by atoms with van der Waals surface area (Å²) in [5.41, 5.74) is 2.82. The fourth-order valence-electron chi connectivity index (χ4n) is 2.36. The predicted molar refractivity (Wildman–Crippen MR) is 90.2 cm³/mol. The highest BCUT2D eigenvalue weighted by Gasteiger charge is 2.13. The van der Waals surface area contributed by atoms with Gasteiger partial charge >= 0.3 is 5.97 Å². The van der Waals surface area contributed by atoms with Crippen molar-refractivity contribution in [3.8, 4) is 11.3 Å². The van der Waals surface area contributed by atoms with E-state index in [1.807, 2.05) is 19.1 Å². The molecule has 0 spiro atoms. The maximum atomic E-state index is 12.2. The SMILES string of the molecule is Cc1ccc(NC(=O)c2ccccc2)cc1-c1ccc(C(=O)O)o1. The molecule has 1 aromatic heterocycles. The number of rotatable bonds is 4. The molecule has 5 heteroatoms. The Morgan fingerprint density at radius 3 is 2.42 bits per heavy atom. The minimum Gasteiger partial charge on any atom is -0.475 e. The number of benzene rings is 2. The fourth-order valence-corrected chi connectivity index (χ4v) is 2.36. The van der Waals surface area contributed by atoms with Gasteiger partial charge < -0.3 is 14.8 Å². The van der Waals surface area contributed by atoms with E-state index in [1.165, 1.54) is 6.07 Å². The average molecular weight is 321 g/mol. The largest absolute Gasteiger partial charge is 0.475 e. The highest BCUT2D eigenvalue weighted by molar-refractivity contribution is 6.04. The van der Waals surface area contributed by atoms with E-state index in [2.05, 4.69) is 5.32 Å². The molecule has 0 aliphatic carbocycles. The Morgan fingerprint density at radius 1 is 1.00 bits per heavy atom. The molecule has 0 fully saturated rings. The van der Waals surface area contributed by atoms with Crippen LogP contribution in [0.15, 0.2) is 65.1 Å². The summed E-state index contributed by atoms with van der Waals surface area (Å²) in [6, 6.07) is 17.3. The zero-order chi connectivity index (χ0) is 17.1. The second kappa shape index (κ2) is 6.42. The van der Waals surface area contributed by atoms with E-state index < -0.39 is 5.97 Å². The van der Waals surface area contributed by atoms with Crippen molar-refractivity contribution in [3.63, 3.8) is 0 Å². The quantitative estimate of drug-likeness (QED) is 0.754. The minimum atomic E-state index is -1.12. The number of nitrogens with one attached hydrogen (secondary N) is 1. The molecule has 1 heterocycles. The van der Waals surface area contributed by atoms with Gasteiger partial charge in [0.1, 0.15) is 5.76 Å². The van der Waals surface area contributed by atoms with Crippen LogP contribution in [0.3, 0.4) is 0 Å². The summed E-state index contributed by atoms with van der Waals surface area (Å²) in [6.45, 7) is 1.89. The van der Waals surface area contributed by atoms with Crippen LogP contribution in [-0.4, -0.2) is 17.0 Å². The topological polar surface area (TPSA) is 79.5 Å². The number of amides is 1. The first-order chi connectivity index (χ1) is 11.5. The lowest BCUT2D eigenvalue weighted by Gasteiger charge is -2.09. The molecule has 0 saturated heterocycles. The van der Waals surface area contributed by atoms with Crippen molar-refractivity contribution in [1.82, 2.24) is 0 Å². The van der Waals surface area contributed by atoms with Gasteiger partial charge in [-0.1, -0.05) is 24.3 Å². The molecule has 0 saturated carbocycles. The number of carboxylic acid groups (broad SMARTS) is 1. The molecule has 0 aliphatic rings. The zero-order valence-electron chi connectivity index (χ0n) is 12.9. The highest BCUT2D eigenvalue weighted by atomic mass is 16.4. The molecule has 0 aliphatic heterocycles. The van der Waals surface area contributed by atoms with Crippen LogP contribution >= 0.6 is 0 Å². The number of hydrogen-bond donors (Lipinski definition) is 2. The van der Waals surface area contributed by atoms with E-state index in [1.54, 1.807) is 42.5 Å². The number of carbonyl (C=O) groups excluding carboxylic acids is 1. The van der Waals surface area contributed by atoms with Crippen molar-refractivity contribution in [2.24, 2.45) is 0 Å². The fraction of sp³-hybridized carbons (Fsp3) is 0.0526. The van der Waals surface area contributed by atoms with Crippen LogP contribution in [0.2, 0.25) is 0 Å². The Kier molecular flexibility index (Phi) is 4.16. The monoisotopic (exact) mass is 321 g/mol. The van der Waals surface area contributed by atoms with Crippen molar-refractivity contribution < 1.29 is 19.1 Å². The van der Waals surface area contributed by atoms with Crippen LogP contribution in [0.25, 0.3) is 11.3 Å². The molecule has 3 aromatic rings. The third kappa shape index (κ3) is 3.20. The van der Waals surface area contributed by atoms with E-state index in [9.17, 15) is 9.59 Å². The predicted octanol–water partition coefficient (Wildman–Crippen LogP) is 4.21. The van der Waals surface area contributed by atoms with Crippen molar-refractivity contribution in [2.75, 3.05) is 5.32 Å². The van der Waals surface area contributed by atoms with Crippen molar-refractivity contribution in [3.05, 3.63) is 77.6 Å². The number of aromatic carboxylic acids is 1. The van der Waals surface area contributed by atoms with E-state index in [0.29, 0.717) is 17.0 Å². The van der Waals surface area contributed by atoms with Crippen molar-refractivity contribution in [1.29, 1.82) is 0 Å². The van der Waals surface area contributed by atoms with E-state index in [4.69, 9.17) is 9.52 Å². The Bertz CT molecular complexity index is 897. The Hall–Kier alpha value is -3.34. The molecule has 0 atom stereocenters. The van der Waals surface area contributed by atoms with Gasteiger partial charge in [0, 0.05) is 16.8 Å². The molecule has 0 radical (unpaired) electrons. The molecular formula is C19H15NO4. The third-order valence-corrected chi connectivity index (χ3v) is 3.61. The molecule has 120 valence electrons. The molecule has 1 amide bonds. The van der Waals surface area contributed by atoms with Crippen molar-refractivity contribution in [2.45, 2.75) is 6.92 Å². The van der Waals surface area contributed by atoms with Gasteiger partial charge in [0.25, 0.3) is 5.91 Å². The highest BCUT2D eigenvalue weighted by Crippen LogP contribution is 2.28. The second-order valence-electron chi connectivity index (χ2n) is 5.32. The lowest BCUT2D eigenvalue weighted by atomic mass is 10.1. The molecule has 3 rings (SSSR count). The first-order valence-corrected chi connectivity index (χ1v) is 7.35. The second-order valence-corrected chi connectivity index (χ2v) is 5.32. The lowest BCUT2D eigenvalue weighted by Crippen LogP contribution is -2.11. The molecule has 5 nitrogen and oxygen atoms in total. The molecule has 2 N–H and O–H groups in total. The van der Waals surface area contributed by atoms with Crippen molar-refractivity contribution >= 4 is 17.6 Å². The number of anilines is 1. The van der Waals surface area contributed by atoms with Gasteiger partial charge in [0.05, 0.1) is 0 Å². The van der Waals surface area contributed by atoms with Gasteiger partial charge in [-0.2, -0.15) is 0 Å². The lowest BCUT2D eigenvalue weighted by molar-refractivity contribution is 0.0663. The number of carboxylic acids is 1. The Balaban J connectivity index is 1.88. The van der Waals surface area contributed by atoms with Gasteiger partial charge in [0.15, 0.2) is 0 Å². The first-order valence-electron chi connectivity index (χ1n) is 7.35. The van der Waals surface area contributed by atoms with Gasteiger partial charge in [-0.3, -0.25) is 4.79 Å². The summed E-state index contributed by atoms with van der Waals surface area (Å²) in [5, 5.41) is 11.8. The van der Waals surface area contributed by atoms with E-state index in [-0.39, 0.29) is 11.7 Å². The maximum Gasteiger partial charge on any atom is 0.371 e. The summed E-state index contributed by atoms with van der Waals surface area (Å²) in [6.07, 6.45) is 0. The summed E-state index contributed by atoms with van der Waals surface area (Å²) in [4.78, 5) is 23.2. The third-order valence-electron chi connectivity index (χ3n) is 3.61. The molecular weight excluding hydrogens is 306 g/mol. The van der Waals surface area contributed by atoms with Gasteiger partial charge in [-0.25, -0.2) is 4.79 Å². The zero-order valence-corrected chi connectivity index (χ0v) is 12.9. The maximum absolute atomic E-state index is 12.2. The van der Waals surface area contributed by atoms with Crippen LogP contribution in [0.4, 0.5) is 5.69 Å². The summed E-state index contributed by atoms with van der Waals surface area (Å²) in [5.74, 6) is -1.01. The molecule has 24 heavy (non-hydrogen) atoms. The summed E-state index contributed by atoms with van der Waals surface area (Å²) < 4.78 is 5.34. The average Bonchev–Trinajstić information content (AvgIpc) is 3.07. The summed E-state index contributed by atoms with van der Waals surface area (Å²) in [7, 11) is 0. The van der Waals surface area contributed by atoms with Gasteiger partial charge in [-0.05, 0) is 48.9 Å². The smallest absolute Gasteiger partial charge is 0.371 e. The van der Waals surface area contributed by atoms with Gasteiger partial charge in [-0.15, -0.1) is 0 Å². The Labute approximate surface area is 138 Å². The van der Waals surface area contributed by atoms with Crippen LogP contribution < -0.4 is 5.32 Å². The van der Waals surface area contributed by atoms with Gasteiger partial charge in [0.2, 0.25) is 5.76 Å². The molecule has 0 unspecified atom stereocenters. The summed E-state index contributed by atoms with van der Waals surface area (Å²) >= 11 is 0. The minimum absolute atomic E-state index is 0.122. The number of furan rings is 1. The first kappa shape index (κ1) is 15.6. The standard InChI is InChI=1S/C19H15NO4/c1-12-7-8-14(20-18(21)13-5-3-2-4-6-13)11-15(12)16-9-10-17(24-16)19(22)23/h2-11H,1H3,(H,20,21)(H,22,23). The number of carbonyl (C=O) groups is 2. The van der Waals surface area contributed by atoms with Crippen LogP contribution in [0.1, 0.15) is 26.5 Å². The van der Waals surface area contributed by atoms with E-state index >= 15 is 0 Å². The van der Waals surface area contributed by atoms with Crippen LogP contribution in [-0.2, 0) is 0 Å². The molecule has 2 aromatic carbocycles. The van der Waals surface area contributed by atoms with Crippen LogP contribution in [0, 0.1) is 6.92 Å². The normalized spacial score (nSPS) is 10.4.